The number of ether oxygens (including phenoxy) is 2. The van der Waals surface area contributed by atoms with Crippen molar-refractivity contribution in [2.24, 2.45) is 7.05 Å². The molecule has 1 fully saturated rings. The third-order valence-corrected chi connectivity index (χ3v) is 5.86. The molecule has 35 heavy (non-hydrogen) atoms. The number of rotatable bonds is 9. The Balaban J connectivity index is 1.56. The van der Waals surface area contributed by atoms with E-state index in [2.05, 4.69) is 10.4 Å². The Hall–Kier alpha value is -3.56. The van der Waals surface area contributed by atoms with Crippen LogP contribution in [0.4, 0.5) is 5.82 Å². The van der Waals surface area contributed by atoms with E-state index in [1.165, 1.54) is 0 Å². The first-order valence-electron chi connectivity index (χ1n) is 11.4. The second-order valence-corrected chi connectivity index (χ2v) is 8.70. The molecule has 2 N–H and O–H groups in total. The molecule has 9 nitrogen and oxygen atoms in total. The lowest BCUT2D eigenvalue weighted by Crippen LogP contribution is -2.41. The molecule has 0 bridgehead atoms. The molecule has 0 spiro atoms. The fraction of sp³-hybridized carbons (Fsp3) is 0.320. The van der Waals surface area contributed by atoms with Crippen LogP contribution in [-0.4, -0.2) is 57.4 Å². The Bertz CT molecular complexity index is 1220. The number of nitrogens with zero attached hydrogens (tertiary/aromatic N) is 3. The highest BCUT2D eigenvalue weighted by Crippen LogP contribution is 2.33. The summed E-state index contributed by atoms with van der Waals surface area (Å²) in [5.41, 5.74) is 0.762. The summed E-state index contributed by atoms with van der Waals surface area (Å²) in [7, 11) is 1.75. The molecule has 1 aliphatic rings. The number of carbonyl (C=O) groups excluding carboxylic acids is 2. The zero-order valence-corrected chi connectivity index (χ0v) is 20.3. The normalized spacial score (nSPS) is 13.7. The smallest absolute Gasteiger partial charge is 0.257 e. The van der Waals surface area contributed by atoms with Crippen molar-refractivity contribution in [2.45, 2.75) is 25.9 Å². The van der Waals surface area contributed by atoms with Crippen molar-refractivity contribution < 1.29 is 24.2 Å². The molecule has 1 aliphatic heterocycles. The van der Waals surface area contributed by atoms with Crippen molar-refractivity contribution >= 4 is 29.2 Å². The minimum absolute atomic E-state index is 0.0648. The maximum absolute atomic E-state index is 12.9. The maximum Gasteiger partial charge on any atom is 0.257 e. The summed E-state index contributed by atoms with van der Waals surface area (Å²) in [4.78, 5) is 27.1. The van der Waals surface area contributed by atoms with E-state index in [1.54, 1.807) is 65.3 Å². The summed E-state index contributed by atoms with van der Waals surface area (Å²) in [5.74, 6) is 0.914. The third kappa shape index (κ3) is 6.12. The number of hydrogen-bond donors (Lipinski definition) is 2. The standard InChI is InChI=1S/C25H27ClN4O5/c1-3-18(31)15-34-19-11-17(24(32)27-23-7-10-29(2)28-23)12-20(14-19)35-22-6-5-16(13-21(22)26)25(33)30-8-4-9-30/h5-7,10-14,18,31H,3-4,8-9,15H2,1-2H3,(H,27,28,32)/t18-/m1/s1. The van der Waals surface area contributed by atoms with Crippen LogP contribution in [0.3, 0.4) is 0 Å². The van der Waals surface area contributed by atoms with Gasteiger partial charge in [-0.05, 0) is 43.2 Å². The predicted molar refractivity (Wildman–Crippen MR) is 131 cm³/mol. The van der Waals surface area contributed by atoms with Gasteiger partial charge in [0.2, 0.25) is 0 Å². The highest BCUT2D eigenvalue weighted by molar-refractivity contribution is 6.32. The van der Waals surface area contributed by atoms with Gasteiger partial charge in [0, 0.05) is 49.6 Å². The molecule has 1 atom stereocenters. The Labute approximate surface area is 208 Å². The molecule has 2 aromatic carbocycles. The van der Waals surface area contributed by atoms with Crippen molar-refractivity contribution in [3.05, 3.63) is 64.8 Å². The molecule has 4 rings (SSSR count). The van der Waals surface area contributed by atoms with Crippen LogP contribution in [0.15, 0.2) is 48.7 Å². The van der Waals surface area contributed by atoms with Gasteiger partial charge < -0.3 is 24.8 Å². The zero-order valence-electron chi connectivity index (χ0n) is 19.5. The van der Waals surface area contributed by atoms with Crippen LogP contribution in [0, 0.1) is 0 Å². The van der Waals surface area contributed by atoms with Gasteiger partial charge in [0.1, 0.15) is 23.9 Å². The van der Waals surface area contributed by atoms with Gasteiger partial charge in [0.25, 0.3) is 11.8 Å². The van der Waals surface area contributed by atoms with Crippen molar-refractivity contribution in [3.63, 3.8) is 0 Å². The van der Waals surface area contributed by atoms with Gasteiger partial charge >= 0.3 is 0 Å². The quantitative estimate of drug-likeness (QED) is 0.460. The first-order valence-corrected chi connectivity index (χ1v) is 11.7. The van der Waals surface area contributed by atoms with Crippen LogP contribution in [0.5, 0.6) is 17.2 Å². The van der Waals surface area contributed by atoms with Crippen LogP contribution < -0.4 is 14.8 Å². The molecule has 0 unspecified atom stereocenters. The first kappa shape index (κ1) is 24.6. The zero-order chi connectivity index (χ0) is 24.9. The van der Waals surface area contributed by atoms with E-state index in [-0.39, 0.29) is 23.1 Å². The fourth-order valence-electron chi connectivity index (χ4n) is 3.37. The summed E-state index contributed by atoms with van der Waals surface area (Å²) in [6.07, 6.45) is 2.61. The van der Waals surface area contributed by atoms with Crippen LogP contribution >= 0.6 is 11.6 Å². The minimum Gasteiger partial charge on any atom is -0.491 e. The molecule has 184 valence electrons. The number of likely N-dealkylation sites (tertiary alicyclic amines) is 1. The van der Waals surface area contributed by atoms with E-state index in [0.29, 0.717) is 35.1 Å². The van der Waals surface area contributed by atoms with Gasteiger partial charge in [-0.25, -0.2) is 0 Å². The van der Waals surface area contributed by atoms with Crippen LogP contribution in [0.1, 0.15) is 40.5 Å². The monoisotopic (exact) mass is 498 g/mol. The summed E-state index contributed by atoms with van der Waals surface area (Å²) in [6, 6.07) is 11.3. The second-order valence-electron chi connectivity index (χ2n) is 8.29. The average Bonchev–Trinajstić information content (AvgIpc) is 3.21. The molecule has 0 aliphatic carbocycles. The van der Waals surface area contributed by atoms with Crippen LogP contribution in [-0.2, 0) is 7.05 Å². The number of anilines is 1. The fourth-order valence-corrected chi connectivity index (χ4v) is 3.59. The molecule has 0 radical (unpaired) electrons. The SMILES string of the molecule is CC[C@@H](O)COc1cc(Oc2ccc(C(=O)N3CCC3)cc2Cl)cc(C(=O)Nc2ccn(C)n2)c1. The van der Waals surface area contributed by atoms with E-state index in [0.717, 1.165) is 19.5 Å². The molecule has 3 aromatic rings. The first-order chi connectivity index (χ1) is 16.8. The molecule has 2 heterocycles. The lowest BCUT2D eigenvalue weighted by Gasteiger charge is -2.31. The predicted octanol–water partition coefficient (Wildman–Crippen LogP) is 4.11. The van der Waals surface area contributed by atoms with Gasteiger partial charge in [-0.1, -0.05) is 18.5 Å². The number of benzene rings is 2. The molecular formula is C25H27ClN4O5. The summed E-state index contributed by atoms with van der Waals surface area (Å²) < 4.78 is 13.2. The van der Waals surface area contributed by atoms with Gasteiger partial charge in [-0.3, -0.25) is 14.3 Å². The molecule has 1 aromatic heterocycles. The van der Waals surface area contributed by atoms with Crippen molar-refractivity contribution in [2.75, 3.05) is 25.0 Å². The van der Waals surface area contributed by atoms with Gasteiger partial charge in [-0.2, -0.15) is 5.10 Å². The average molecular weight is 499 g/mol. The lowest BCUT2D eigenvalue weighted by molar-refractivity contribution is 0.0651. The van der Waals surface area contributed by atoms with Crippen molar-refractivity contribution in [1.29, 1.82) is 0 Å². The number of aliphatic hydroxyl groups excluding tert-OH is 1. The number of halogens is 1. The number of amides is 2. The summed E-state index contributed by atoms with van der Waals surface area (Å²) in [5, 5.41) is 17.0. The van der Waals surface area contributed by atoms with Gasteiger partial charge in [0.05, 0.1) is 11.1 Å². The van der Waals surface area contributed by atoms with E-state index in [4.69, 9.17) is 21.1 Å². The molecular weight excluding hydrogens is 472 g/mol. The Morgan fingerprint density at radius 3 is 2.54 bits per heavy atom. The van der Waals surface area contributed by atoms with Crippen molar-refractivity contribution in [3.8, 4) is 17.2 Å². The van der Waals surface area contributed by atoms with E-state index in [1.807, 2.05) is 6.92 Å². The largest absolute Gasteiger partial charge is 0.491 e. The summed E-state index contributed by atoms with van der Waals surface area (Å²) >= 11 is 6.41. The lowest BCUT2D eigenvalue weighted by atomic mass is 10.1. The molecule has 10 heteroatoms. The van der Waals surface area contributed by atoms with E-state index < -0.39 is 12.0 Å². The molecule has 2 amide bonds. The number of hydrogen-bond acceptors (Lipinski definition) is 6. The van der Waals surface area contributed by atoms with Crippen LogP contribution in [0.2, 0.25) is 5.02 Å². The van der Waals surface area contributed by atoms with Crippen molar-refractivity contribution in [1.82, 2.24) is 14.7 Å². The van der Waals surface area contributed by atoms with Gasteiger partial charge in [0.15, 0.2) is 5.82 Å². The number of aromatic nitrogens is 2. The Morgan fingerprint density at radius 2 is 1.91 bits per heavy atom. The number of aliphatic hydroxyl groups is 1. The number of nitrogens with one attached hydrogen (secondary N) is 1. The minimum atomic E-state index is -0.642. The van der Waals surface area contributed by atoms with E-state index in [9.17, 15) is 14.7 Å². The van der Waals surface area contributed by atoms with E-state index >= 15 is 0 Å². The molecule has 0 saturated carbocycles. The Morgan fingerprint density at radius 1 is 1.14 bits per heavy atom. The second kappa shape index (κ2) is 10.8. The summed E-state index contributed by atoms with van der Waals surface area (Å²) in [6.45, 7) is 3.40. The third-order valence-electron chi connectivity index (χ3n) is 5.56. The maximum atomic E-state index is 12.9. The molecule has 1 saturated heterocycles. The Kier molecular flexibility index (Phi) is 7.57. The highest BCUT2D eigenvalue weighted by atomic mass is 35.5. The van der Waals surface area contributed by atoms with Gasteiger partial charge in [-0.15, -0.1) is 0 Å². The highest BCUT2D eigenvalue weighted by Gasteiger charge is 2.22. The van der Waals surface area contributed by atoms with Crippen LogP contribution in [0.25, 0.3) is 0 Å². The number of carbonyl (C=O) groups is 2. The topological polar surface area (TPSA) is 106 Å². The number of aryl methyl sites for hydroxylation is 1.